The summed E-state index contributed by atoms with van der Waals surface area (Å²) in [6.45, 7) is 12.6. The quantitative estimate of drug-likeness (QED) is 0.0163. The highest BCUT2D eigenvalue weighted by Gasteiger charge is 2.66. The topological polar surface area (TPSA) is 507 Å². The Hall–Kier alpha value is -9.63. The summed E-state index contributed by atoms with van der Waals surface area (Å²) in [7, 11) is -4.36. The monoisotopic (exact) mass is 1780 g/mol. The lowest BCUT2D eigenvalue weighted by Crippen LogP contribution is -2.64. The molecule has 4 aliphatic carbocycles. The van der Waals surface area contributed by atoms with E-state index >= 15 is 0 Å². The average molecular weight is 1780 g/mol. The number of aliphatic hydroxyl groups is 5. The number of ether oxygens (including phenoxy) is 4. The molecule has 6 heterocycles. The van der Waals surface area contributed by atoms with Gasteiger partial charge in [0.25, 0.3) is 16.0 Å². The largest absolute Gasteiger partial charge is 0.476 e. The third-order valence-electron chi connectivity index (χ3n) is 24.4. The highest BCUT2D eigenvalue weighted by molar-refractivity contribution is 7.99. The van der Waals surface area contributed by atoms with E-state index < -0.39 is 148 Å². The van der Waals surface area contributed by atoms with Gasteiger partial charge in [0.15, 0.2) is 22.4 Å². The van der Waals surface area contributed by atoms with Crippen molar-refractivity contribution >= 4 is 114 Å². The summed E-state index contributed by atoms with van der Waals surface area (Å²) >= 11 is 2.67. The molecule has 124 heavy (non-hydrogen) atoms. The number of nitrogens with one attached hydrogen (secondary N) is 3. The lowest BCUT2D eigenvalue weighted by atomic mass is 9.39. The van der Waals surface area contributed by atoms with Crippen molar-refractivity contribution in [1.29, 1.82) is 0 Å². The fourth-order valence-electron chi connectivity index (χ4n) is 19.3. The molecule has 4 saturated carbocycles. The number of aliphatic hydroxyl groups excluding tert-OH is 5. The zero-order valence-corrected chi connectivity index (χ0v) is 73.0. The van der Waals surface area contributed by atoms with Gasteiger partial charge in [0, 0.05) is 73.9 Å². The van der Waals surface area contributed by atoms with Gasteiger partial charge in [-0.2, -0.15) is 44.5 Å². The van der Waals surface area contributed by atoms with Gasteiger partial charge in [-0.15, -0.1) is 0 Å². The molecule has 13 rings (SSSR count). The lowest BCUT2D eigenvalue weighted by Gasteiger charge is -2.69. The van der Waals surface area contributed by atoms with Gasteiger partial charge in [-0.1, -0.05) is 81.5 Å². The van der Waals surface area contributed by atoms with E-state index in [-0.39, 0.29) is 118 Å². The van der Waals surface area contributed by atoms with E-state index in [1.54, 1.807) is 63.6 Å². The Bertz CT molecular complexity index is 4990. The Kier molecular flexibility index (Phi) is 32.8. The van der Waals surface area contributed by atoms with Crippen molar-refractivity contribution < 1.29 is 120 Å². The van der Waals surface area contributed by atoms with Gasteiger partial charge in [0.05, 0.1) is 96.9 Å². The van der Waals surface area contributed by atoms with Gasteiger partial charge in [0.1, 0.15) is 36.8 Å². The van der Waals surface area contributed by atoms with Crippen molar-refractivity contribution in [2.75, 3.05) is 81.4 Å². The zero-order chi connectivity index (χ0) is 90.3. The number of hydrogen-bond acceptors (Lipinski definition) is 29. The number of aromatic carboxylic acids is 1. The minimum absolute atomic E-state index is 0.00993. The van der Waals surface area contributed by atoms with E-state index in [0.29, 0.717) is 76.8 Å². The minimum atomic E-state index is -4.36. The van der Waals surface area contributed by atoms with Gasteiger partial charge in [-0.25, -0.2) is 19.6 Å². The minimum Gasteiger partial charge on any atom is -0.476 e. The highest BCUT2D eigenvalue weighted by Crippen LogP contribution is 2.72. The second kappa shape index (κ2) is 42.1. The molecule has 10 N–H and O–H groups in total. The number of hydrogen-bond donors (Lipinski definition) is 10. The fourth-order valence-corrected chi connectivity index (χ4v) is 20.8. The molecule has 6 fully saturated rings. The van der Waals surface area contributed by atoms with Crippen LogP contribution in [0.25, 0.3) is 21.3 Å². The molecule has 38 heteroatoms. The van der Waals surface area contributed by atoms with Crippen LogP contribution in [-0.2, 0) is 111 Å². The van der Waals surface area contributed by atoms with Crippen molar-refractivity contribution in [1.82, 2.24) is 40.2 Å². The van der Waals surface area contributed by atoms with E-state index in [1.165, 1.54) is 39.8 Å². The first-order chi connectivity index (χ1) is 58.8. The maximum Gasteiger partial charge on any atom is 0.410 e. The maximum absolute atomic E-state index is 14.5. The van der Waals surface area contributed by atoms with Crippen LogP contribution >= 0.6 is 23.1 Å². The smallest absolute Gasteiger partial charge is 0.410 e. The molecule has 5 amide bonds. The van der Waals surface area contributed by atoms with Gasteiger partial charge in [-0.05, 0) is 178 Å². The van der Waals surface area contributed by atoms with E-state index in [4.69, 9.17) is 48.2 Å². The Morgan fingerprint density at radius 3 is 2.25 bits per heavy atom. The number of carbonyl (C=O) groups is 8. The summed E-state index contributed by atoms with van der Waals surface area (Å²) in [5.41, 5.74) is 5.35. The number of likely N-dealkylation sites (tertiary alicyclic amines) is 1. The third-order valence-corrected chi connectivity index (χ3v) is 26.9. The van der Waals surface area contributed by atoms with Crippen LogP contribution in [0.1, 0.15) is 160 Å². The number of Topliss-reactive ketones (excluding diaryl/α,β-unsaturated/α-hetero) is 2. The zero-order valence-electron chi connectivity index (χ0n) is 70.6. The van der Waals surface area contributed by atoms with E-state index in [1.807, 2.05) is 59.0 Å². The van der Waals surface area contributed by atoms with Crippen LogP contribution in [0.4, 0.5) is 15.7 Å². The summed E-state index contributed by atoms with van der Waals surface area (Å²) in [5, 5.41) is 76.7. The summed E-state index contributed by atoms with van der Waals surface area (Å²) in [6.07, 6.45) is 2.37. The summed E-state index contributed by atoms with van der Waals surface area (Å²) in [5.74, 6) is -5.58. The predicted molar refractivity (Wildman–Crippen MR) is 449 cm³/mol. The van der Waals surface area contributed by atoms with Crippen LogP contribution in [0.3, 0.4) is 0 Å². The van der Waals surface area contributed by atoms with Gasteiger partial charge in [-0.3, -0.25) is 43.3 Å². The number of benzene rings is 3. The normalized spacial score (nSPS) is 24.0. The molecule has 3 aliphatic heterocycles. The molecule has 3 unspecified atom stereocenters. The number of carboxylic acids is 1. The number of thioether (sulfide) groups is 1. The number of pyridine rings is 1. The number of aromatic nitrogens is 4. The first-order valence-corrected chi connectivity index (χ1v) is 44.9. The molecule has 3 aromatic carbocycles. The van der Waals surface area contributed by atoms with Crippen LogP contribution in [0.5, 0.6) is 0 Å². The lowest BCUT2D eigenvalue weighted by molar-refractivity contribution is -0.248. The molecule has 2 saturated heterocycles. The predicted octanol–water partition coefficient (Wildman–Crippen LogP) is 5.73. The molecule has 4 bridgehead atoms. The standard InChI is InChI=1S/C84H110N10O21S3.2CO2/c1-48(2)61(33-58(97)35-93-56(39-112-28-29-118(109,110)111)32-65(77(93)105)87-74(102)51(5)116-8)76(104)86-49(3)66(98)31-52-16-17-55(54(30-52)18-20-68-73(101)72(100)67(99)40-113-68)38-114-80(108)91(25-23-57(96)37-95)26-27-115-84-44-81(6)41-82(7,45-84)43-83(42-81,46-84)47-94-50(4)62(34-85-94)59-19-21-70(89-71(59)78(106)107)92-24-22-53-12-11-13-60(63(53)36-92)75(103)90-79-88-64-14-9-10-15-69(64)117-79;2*2-1-3/h9-17,19,21,30,34,48-49,51,56-57,61,65,67-68,72-73,95-96,99-101H,18,20,22-29,31-33,35-47H2,1-8H3,(H,86,104)(H,87,102)(H,106,107)(H,88,90,103)(H,109,110,111);;/t49-,51?,56-,57-,61-,65-,67+,68-,72-,73-,81?,82?,83?,84?;;/m0../s1. The van der Waals surface area contributed by atoms with Crippen LogP contribution in [0.15, 0.2) is 79.0 Å². The Labute approximate surface area is 725 Å². The van der Waals surface area contributed by atoms with Gasteiger partial charge in [0.2, 0.25) is 17.7 Å². The molecule has 12 atom stereocenters. The number of carboxylic acid groups (broad SMARTS) is 1. The number of aryl methyl sites for hydroxylation is 1. The highest BCUT2D eigenvalue weighted by atomic mass is 32.2. The number of para-hydroxylation sites is 1. The fraction of sp³-hybridized carbons (Fsp3) is 0.570. The second-order valence-electron chi connectivity index (χ2n) is 34.5. The number of rotatable bonds is 38. The second-order valence-corrected chi connectivity index (χ2v) is 38.2. The summed E-state index contributed by atoms with van der Waals surface area (Å²) in [4.78, 5) is 157. The number of carbonyl (C=O) groups excluding carboxylic acids is 11. The number of amides is 5. The number of anilines is 2. The first kappa shape index (κ1) is 96.6. The molecule has 0 radical (unpaired) electrons. The SMILES string of the molecule is CSC(C)C(=O)N[C@H]1C[C@@H](COCCS(=O)(=O)O)N(CC(=O)C[C@H](C(=O)N[C@@H](C)C(=O)Cc2ccc(COC(=O)N(CCOC34CC5(C)CC(C)(CC(Cn6ncc(-c7ccc(N8CCc9cccc(C(=O)Nc%10nc%11ccccc%11s%10)c9C8)nc7C(=O)O)c6C)(C5)C3)C4)CC[C@H](O)CO)c(CC[C@@H]3OC[C@@H](O)[C@H](O)[C@H]3O)c2)C(C)C)C1=O.O=C=O.O=C=O. The van der Waals surface area contributed by atoms with Crippen molar-refractivity contribution in [3.8, 4) is 11.1 Å². The van der Waals surface area contributed by atoms with Crippen molar-refractivity contribution in [2.45, 2.75) is 211 Å². The summed E-state index contributed by atoms with van der Waals surface area (Å²) in [6, 6.07) is 19.2. The van der Waals surface area contributed by atoms with Crippen LogP contribution in [-0.4, -0.2) is 263 Å². The first-order valence-electron chi connectivity index (χ1n) is 41.2. The van der Waals surface area contributed by atoms with Crippen LogP contribution in [0, 0.1) is 35.0 Å². The summed E-state index contributed by atoms with van der Waals surface area (Å²) < 4.78 is 59.4. The molecular weight excluding hydrogens is 1670 g/mol. The van der Waals surface area contributed by atoms with Crippen molar-refractivity contribution in [3.63, 3.8) is 0 Å². The Morgan fingerprint density at radius 2 is 1.57 bits per heavy atom. The molecule has 0 spiro atoms. The molecule has 672 valence electrons. The number of fused-ring (bicyclic) bond motifs is 2. The Morgan fingerprint density at radius 1 is 0.855 bits per heavy atom. The molecule has 35 nitrogen and oxygen atoms in total. The van der Waals surface area contributed by atoms with Crippen molar-refractivity contribution in [3.05, 3.63) is 124 Å². The average Bonchev–Trinajstić information content (AvgIpc) is 0.754. The maximum atomic E-state index is 14.5. The molecular formula is C86H110N10O25S3. The van der Waals surface area contributed by atoms with E-state index in [2.05, 4.69) is 34.8 Å². The number of thiazole rings is 1. The number of ketones is 2. The van der Waals surface area contributed by atoms with E-state index in [9.17, 15) is 82.0 Å². The Balaban J connectivity index is 0.00000260. The van der Waals surface area contributed by atoms with Gasteiger partial charge < -0.3 is 74.9 Å². The molecule has 7 aliphatic rings. The number of nitrogens with zero attached hydrogens (tertiary/aromatic N) is 7. The van der Waals surface area contributed by atoms with Crippen LogP contribution < -0.4 is 20.9 Å². The van der Waals surface area contributed by atoms with Gasteiger partial charge >= 0.3 is 24.4 Å². The van der Waals surface area contributed by atoms with Crippen molar-refractivity contribution in [2.24, 2.45) is 28.1 Å². The van der Waals surface area contributed by atoms with E-state index in [0.717, 1.165) is 59.1 Å². The third kappa shape index (κ3) is 24.3. The molecule has 3 aromatic heterocycles. The molecule has 6 aromatic rings. The van der Waals surface area contributed by atoms with Crippen LogP contribution in [0.2, 0.25) is 0 Å².